The number of fused-ring (bicyclic) bond motifs is 1. The molecule has 2 aliphatic rings. The SMILES string of the molecule is CCCCCC12CC1C2=O. The summed E-state index contributed by atoms with van der Waals surface area (Å²) < 4.78 is 0. The molecule has 0 bridgehead atoms. The Morgan fingerprint density at radius 2 is 2.30 bits per heavy atom. The first-order valence-electron chi connectivity index (χ1n) is 4.35. The van der Waals surface area contributed by atoms with E-state index in [0.29, 0.717) is 11.7 Å². The van der Waals surface area contributed by atoms with Crippen molar-refractivity contribution in [1.29, 1.82) is 0 Å². The lowest BCUT2D eigenvalue weighted by Crippen LogP contribution is -1.95. The van der Waals surface area contributed by atoms with Crippen LogP contribution in [0.25, 0.3) is 0 Å². The van der Waals surface area contributed by atoms with Crippen molar-refractivity contribution in [2.75, 3.05) is 0 Å². The molecule has 2 unspecified atom stereocenters. The summed E-state index contributed by atoms with van der Waals surface area (Å²) in [5, 5.41) is 0. The van der Waals surface area contributed by atoms with Crippen LogP contribution in [-0.2, 0) is 4.79 Å². The van der Waals surface area contributed by atoms with Crippen molar-refractivity contribution in [3.8, 4) is 0 Å². The largest absolute Gasteiger partial charge is 0.299 e. The predicted molar refractivity (Wildman–Crippen MR) is 39.7 cm³/mol. The van der Waals surface area contributed by atoms with Gasteiger partial charge in [-0.05, 0) is 12.8 Å². The summed E-state index contributed by atoms with van der Waals surface area (Å²) in [4.78, 5) is 10.9. The van der Waals surface area contributed by atoms with E-state index < -0.39 is 0 Å². The van der Waals surface area contributed by atoms with Crippen LogP contribution in [0.3, 0.4) is 0 Å². The van der Waals surface area contributed by atoms with E-state index in [2.05, 4.69) is 6.92 Å². The number of carbonyl (C=O) groups is 1. The van der Waals surface area contributed by atoms with Gasteiger partial charge < -0.3 is 0 Å². The van der Waals surface area contributed by atoms with Gasteiger partial charge in [0.25, 0.3) is 0 Å². The lowest BCUT2D eigenvalue weighted by atomic mass is 10.1. The maximum atomic E-state index is 10.9. The van der Waals surface area contributed by atoms with Gasteiger partial charge in [0.15, 0.2) is 0 Å². The van der Waals surface area contributed by atoms with E-state index >= 15 is 0 Å². The fourth-order valence-corrected chi connectivity index (χ4v) is 1.92. The second-order valence-corrected chi connectivity index (χ2v) is 3.73. The minimum atomic E-state index is 0.287. The van der Waals surface area contributed by atoms with Crippen molar-refractivity contribution in [1.82, 2.24) is 0 Å². The number of unbranched alkanes of at least 4 members (excludes halogenated alkanes) is 2. The van der Waals surface area contributed by atoms with Crippen LogP contribution >= 0.6 is 0 Å². The topological polar surface area (TPSA) is 17.1 Å². The van der Waals surface area contributed by atoms with Crippen LogP contribution in [0.4, 0.5) is 0 Å². The van der Waals surface area contributed by atoms with Crippen LogP contribution in [0.1, 0.15) is 39.0 Å². The van der Waals surface area contributed by atoms with Gasteiger partial charge in [-0.1, -0.05) is 26.2 Å². The third kappa shape index (κ3) is 0.664. The van der Waals surface area contributed by atoms with Gasteiger partial charge in [0.1, 0.15) is 5.78 Å². The van der Waals surface area contributed by atoms with Gasteiger partial charge in [-0.2, -0.15) is 0 Å². The first kappa shape index (κ1) is 6.38. The molecular weight excluding hydrogens is 124 g/mol. The Morgan fingerprint density at radius 3 is 2.70 bits per heavy atom. The Labute approximate surface area is 61.8 Å². The quantitative estimate of drug-likeness (QED) is 0.544. The van der Waals surface area contributed by atoms with Gasteiger partial charge in [-0.25, -0.2) is 0 Å². The highest BCUT2D eigenvalue weighted by molar-refractivity contribution is 6.11. The molecule has 0 saturated heterocycles. The molecule has 2 atom stereocenters. The third-order valence-corrected chi connectivity index (χ3v) is 3.03. The van der Waals surface area contributed by atoms with Crippen molar-refractivity contribution in [2.24, 2.45) is 11.3 Å². The molecule has 0 amide bonds. The molecule has 2 fully saturated rings. The monoisotopic (exact) mass is 138 g/mol. The number of hydrogen-bond acceptors (Lipinski definition) is 1. The first-order valence-corrected chi connectivity index (χ1v) is 4.35. The minimum Gasteiger partial charge on any atom is -0.299 e. The van der Waals surface area contributed by atoms with E-state index in [1.165, 1.54) is 32.1 Å². The molecule has 1 nitrogen and oxygen atoms in total. The maximum absolute atomic E-state index is 10.9. The smallest absolute Gasteiger partial charge is 0.143 e. The molecule has 0 aromatic heterocycles. The van der Waals surface area contributed by atoms with Crippen molar-refractivity contribution >= 4 is 5.78 Å². The highest BCUT2D eigenvalue weighted by Gasteiger charge is 2.78. The van der Waals surface area contributed by atoms with Gasteiger partial charge in [-0.15, -0.1) is 0 Å². The third-order valence-electron chi connectivity index (χ3n) is 3.03. The Morgan fingerprint density at radius 1 is 1.60 bits per heavy atom. The zero-order valence-corrected chi connectivity index (χ0v) is 6.52. The van der Waals surface area contributed by atoms with E-state index in [0.717, 1.165) is 0 Å². The number of hydrogen-bond donors (Lipinski definition) is 0. The molecule has 0 aromatic rings. The highest BCUT2D eigenvalue weighted by atomic mass is 16.1. The number of Topliss-reactive ketones (excluding diaryl/α,β-unsaturated/α-hetero) is 1. The molecule has 10 heavy (non-hydrogen) atoms. The average Bonchev–Trinajstić information content (AvgIpc) is 2.76. The molecule has 2 saturated carbocycles. The normalized spacial score (nSPS) is 41.3. The van der Waals surface area contributed by atoms with Crippen molar-refractivity contribution < 1.29 is 4.79 Å². The standard InChI is InChI=1S/C9H14O/c1-2-3-4-5-9-6-7(9)8(9)10/h7H,2-6H2,1H3. The molecule has 0 spiro atoms. The van der Waals surface area contributed by atoms with Crippen molar-refractivity contribution in [2.45, 2.75) is 39.0 Å². The minimum absolute atomic E-state index is 0.287. The molecular formula is C9H14O. The predicted octanol–water partition coefficient (Wildman–Crippen LogP) is 2.16. The van der Waals surface area contributed by atoms with Gasteiger partial charge in [0, 0.05) is 11.3 Å². The zero-order valence-electron chi connectivity index (χ0n) is 6.52. The molecule has 0 radical (unpaired) electrons. The Kier molecular flexibility index (Phi) is 1.17. The van der Waals surface area contributed by atoms with Crippen LogP contribution in [0, 0.1) is 11.3 Å². The summed E-state index contributed by atoms with van der Waals surface area (Å²) in [5.74, 6) is 1.12. The van der Waals surface area contributed by atoms with Gasteiger partial charge in [0.05, 0.1) is 0 Å². The van der Waals surface area contributed by atoms with Crippen molar-refractivity contribution in [3.63, 3.8) is 0 Å². The molecule has 0 heterocycles. The van der Waals surface area contributed by atoms with Crippen LogP contribution in [-0.4, -0.2) is 5.78 Å². The number of rotatable bonds is 4. The fraction of sp³-hybridized carbons (Fsp3) is 0.889. The van der Waals surface area contributed by atoms with Gasteiger partial charge >= 0.3 is 0 Å². The Bertz CT molecular complexity index is 174. The zero-order chi connectivity index (χ0) is 7.19. The van der Waals surface area contributed by atoms with E-state index in [9.17, 15) is 4.79 Å². The van der Waals surface area contributed by atoms with Crippen LogP contribution in [0.5, 0.6) is 0 Å². The molecule has 2 aliphatic carbocycles. The van der Waals surface area contributed by atoms with Crippen LogP contribution in [0.2, 0.25) is 0 Å². The molecule has 1 heteroatoms. The second kappa shape index (κ2) is 1.84. The lowest BCUT2D eigenvalue weighted by molar-refractivity contribution is -0.115. The molecule has 0 N–H and O–H groups in total. The average molecular weight is 138 g/mol. The Hall–Kier alpha value is -0.330. The summed E-state index contributed by atoms with van der Waals surface area (Å²) in [6, 6.07) is 0. The van der Waals surface area contributed by atoms with E-state index in [4.69, 9.17) is 0 Å². The second-order valence-electron chi connectivity index (χ2n) is 3.73. The number of carbonyl (C=O) groups excluding carboxylic acids is 1. The molecule has 0 aliphatic heterocycles. The van der Waals surface area contributed by atoms with Gasteiger partial charge in [0.2, 0.25) is 0 Å². The summed E-state index contributed by atoms with van der Waals surface area (Å²) >= 11 is 0. The van der Waals surface area contributed by atoms with Gasteiger partial charge in [-0.3, -0.25) is 4.79 Å². The van der Waals surface area contributed by atoms with Crippen molar-refractivity contribution in [3.05, 3.63) is 0 Å². The lowest BCUT2D eigenvalue weighted by Gasteiger charge is -1.98. The molecule has 2 rings (SSSR count). The fourth-order valence-electron chi connectivity index (χ4n) is 1.92. The van der Waals surface area contributed by atoms with E-state index in [1.54, 1.807) is 0 Å². The summed E-state index contributed by atoms with van der Waals surface area (Å²) in [6.07, 6.45) is 6.29. The summed E-state index contributed by atoms with van der Waals surface area (Å²) in [5.41, 5.74) is 0.287. The van der Waals surface area contributed by atoms with Crippen LogP contribution in [0.15, 0.2) is 0 Å². The maximum Gasteiger partial charge on any atom is 0.143 e. The highest BCUT2D eigenvalue weighted by Crippen LogP contribution is 2.73. The first-order chi connectivity index (χ1) is 4.81. The Balaban J connectivity index is 1.69. The molecule has 0 aromatic carbocycles. The number of ketones is 1. The van der Waals surface area contributed by atoms with E-state index in [-0.39, 0.29) is 5.41 Å². The summed E-state index contributed by atoms with van der Waals surface area (Å²) in [6.45, 7) is 2.21. The van der Waals surface area contributed by atoms with E-state index in [1.807, 2.05) is 0 Å². The van der Waals surface area contributed by atoms with Crippen LogP contribution < -0.4 is 0 Å². The molecule has 56 valence electrons. The summed E-state index contributed by atoms with van der Waals surface area (Å²) in [7, 11) is 0.